The first kappa shape index (κ1) is 25.0. The van der Waals surface area contributed by atoms with Crippen molar-refractivity contribution in [2.45, 2.75) is 90.0 Å². The zero-order valence-electron chi connectivity index (χ0n) is 24.2. The molecule has 4 aliphatic rings. The molecule has 0 aromatic carbocycles. The van der Waals surface area contributed by atoms with Crippen LogP contribution < -0.4 is 0 Å². The Hall–Kier alpha value is -2.71. The second-order valence-corrected chi connectivity index (χ2v) is 14.5. The number of H-pyrrole nitrogens is 1. The number of aromatic amines is 1. The lowest BCUT2D eigenvalue weighted by molar-refractivity contribution is -0.146. The third-order valence-electron chi connectivity index (χ3n) is 10.8. The molecule has 0 bridgehead atoms. The molecule has 3 fully saturated rings. The van der Waals surface area contributed by atoms with Gasteiger partial charge in [-0.15, -0.1) is 11.3 Å². The average molecular weight is 557 g/mol. The lowest BCUT2D eigenvalue weighted by Crippen LogP contribution is -2.63. The Labute approximate surface area is 240 Å². The second-order valence-electron chi connectivity index (χ2n) is 13.4. The van der Waals surface area contributed by atoms with E-state index in [2.05, 4.69) is 46.9 Å². The van der Waals surface area contributed by atoms with Gasteiger partial charge in [0.25, 0.3) is 0 Å². The summed E-state index contributed by atoms with van der Waals surface area (Å²) < 4.78 is 1.98. The van der Waals surface area contributed by atoms with Crippen molar-refractivity contribution in [3.8, 4) is 11.3 Å². The molecule has 1 N–H and O–H groups in total. The van der Waals surface area contributed by atoms with Gasteiger partial charge < -0.3 is 9.88 Å². The van der Waals surface area contributed by atoms with Crippen molar-refractivity contribution in [2.24, 2.45) is 5.41 Å². The van der Waals surface area contributed by atoms with Crippen LogP contribution in [0.4, 0.5) is 0 Å². The van der Waals surface area contributed by atoms with Crippen LogP contribution in [0.1, 0.15) is 91.3 Å². The molecule has 2 saturated heterocycles. The molecule has 7 nitrogen and oxygen atoms in total. The zero-order valence-corrected chi connectivity index (χ0v) is 25.0. The van der Waals surface area contributed by atoms with Crippen LogP contribution in [0.3, 0.4) is 0 Å². The minimum atomic E-state index is -0.0573. The van der Waals surface area contributed by atoms with Gasteiger partial charge in [-0.25, -0.2) is 9.50 Å². The van der Waals surface area contributed by atoms with Gasteiger partial charge in [-0.3, -0.25) is 9.69 Å². The summed E-state index contributed by atoms with van der Waals surface area (Å²) in [5.41, 5.74) is 9.39. The Morgan fingerprint density at radius 1 is 1.12 bits per heavy atom. The van der Waals surface area contributed by atoms with Gasteiger partial charge in [-0.2, -0.15) is 5.10 Å². The van der Waals surface area contributed by atoms with E-state index in [4.69, 9.17) is 0 Å². The normalized spacial score (nSPS) is 24.7. The summed E-state index contributed by atoms with van der Waals surface area (Å²) in [6.07, 6.45) is 13.4. The van der Waals surface area contributed by atoms with E-state index in [0.717, 1.165) is 44.5 Å². The third kappa shape index (κ3) is 3.47. The summed E-state index contributed by atoms with van der Waals surface area (Å²) in [4.78, 5) is 28.7. The number of hydrogen-bond acceptors (Lipinski definition) is 5. The molecule has 8 heteroatoms. The van der Waals surface area contributed by atoms with E-state index in [1.54, 1.807) is 11.2 Å². The molecular formula is C32H40N6OS. The number of aromatic nitrogens is 4. The predicted molar refractivity (Wildman–Crippen MR) is 160 cm³/mol. The summed E-state index contributed by atoms with van der Waals surface area (Å²) in [6.45, 7) is 9.95. The Kier molecular flexibility index (Phi) is 5.57. The monoisotopic (exact) mass is 556 g/mol. The van der Waals surface area contributed by atoms with Crippen LogP contribution in [-0.2, 0) is 17.6 Å². The highest BCUT2D eigenvalue weighted by Crippen LogP contribution is 2.49. The minimum absolute atomic E-state index is 0.0573. The van der Waals surface area contributed by atoms with E-state index in [1.165, 1.54) is 75.8 Å². The fourth-order valence-corrected chi connectivity index (χ4v) is 10.1. The molecule has 0 atom stereocenters. The molecule has 210 valence electrons. The fraction of sp³-hybridized carbons (Fsp3) is 0.594. The van der Waals surface area contributed by atoms with E-state index in [9.17, 15) is 4.79 Å². The number of rotatable bonds is 4. The van der Waals surface area contributed by atoms with Crippen molar-refractivity contribution in [3.05, 3.63) is 39.7 Å². The summed E-state index contributed by atoms with van der Waals surface area (Å²) in [6, 6.07) is 0.650. The largest absolute Gasteiger partial charge is 0.346 e. The van der Waals surface area contributed by atoms with Gasteiger partial charge in [0.1, 0.15) is 11.2 Å². The van der Waals surface area contributed by atoms with Crippen LogP contribution in [0.25, 0.3) is 27.1 Å². The van der Waals surface area contributed by atoms with Crippen LogP contribution in [-0.4, -0.2) is 68.0 Å². The SMILES string of the molecule is Cc1c(C2CCC(N3CC4(CCN(C)C4=O)C3)CC2)sc2[nH]c(-c3cn4ncnc4c4c3CCC4)c(C(C)C)c12. The first-order valence-corrected chi connectivity index (χ1v) is 16.1. The molecule has 0 radical (unpaired) electrons. The van der Waals surface area contributed by atoms with E-state index in [1.807, 2.05) is 27.8 Å². The number of hydrogen-bond donors (Lipinski definition) is 1. The van der Waals surface area contributed by atoms with Crippen LogP contribution in [0.2, 0.25) is 0 Å². The van der Waals surface area contributed by atoms with Crippen LogP contribution in [0, 0.1) is 12.3 Å². The highest BCUT2D eigenvalue weighted by atomic mass is 32.1. The highest BCUT2D eigenvalue weighted by molar-refractivity contribution is 7.19. The number of aryl methyl sites for hydroxylation is 2. The van der Waals surface area contributed by atoms with E-state index < -0.39 is 0 Å². The van der Waals surface area contributed by atoms with E-state index in [0.29, 0.717) is 23.8 Å². The third-order valence-corrected chi connectivity index (χ3v) is 12.1. The second kappa shape index (κ2) is 8.89. The van der Waals surface area contributed by atoms with Crippen molar-refractivity contribution in [1.82, 2.24) is 29.4 Å². The number of fused-ring (bicyclic) bond motifs is 4. The molecule has 40 heavy (non-hydrogen) atoms. The summed E-state index contributed by atoms with van der Waals surface area (Å²) in [5.74, 6) is 1.46. The van der Waals surface area contributed by atoms with Gasteiger partial charge in [0.2, 0.25) is 5.91 Å². The number of nitrogens with zero attached hydrogens (tertiary/aromatic N) is 5. The Morgan fingerprint density at radius 3 is 2.62 bits per heavy atom. The maximum atomic E-state index is 12.7. The molecule has 1 amide bonds. The van der Waals surface area contributed by atoms with E-state index in [-0.39, 0.29) is 5.41 Å². The topological polar surface area (TPSA) is 69.5 Å². The summed E-state index contributed by atoms with van der Waals surface area (Å²) in [7, 11) is 1.96. The Morgan fingerprint density at radius 2 is 1.90 bits per heavy atom. The average Bonchev–Trinajstić information content (AvgIpc) is 3.73. The van der Waals surface area contributed by atoms with Crippen molar-refractivity contribution in [2.75, 3.05) is 26.7 Å². The van der Waals surface area contributed by atoms with Crippen LogP contribution in [0.15, 0.2) is 12.5 Å². The molecule has 8 rings (SSSR count). The maximum absolute atomic E-state index is 12.7. The minimum Gasteiger partial charge on any atom is -0.346 e. The number of pyridine rings is 1. The van der Waals surface area contributed by atoms with Crippen LogP contribution in [0.5, 0.6) is 0 Å². The molecule has 4 aromatic rings. The first-order valence-electron chi connectivity index (χ1n) is 15.3. The van der Waals surface area contributed by atoms with E-state index >= 15 is 0 Å². The number of carbonyl (C=O) groups excluding carboxylic acids is 1. The molecule has 2 aliphatic heterocycles. The lowest BCUT2D eigenvalue weighted by atomic mass is 9.74. The van der Waals surface area contributed by atoms with Crippen molar-refractivity contribution < 1.29 is 4.79 Å². The highest BCUT2D eigenvalue weighted by Gasteiger charge is 2.55. The number of amides is 1. The lowest BCUT2D eigenvalue weighted by Gasteiger charge is -2.51. The molecule has 2 aliphatic carbocycles. The van der Waals surface area contributed by atoms with Crippen molar-refractivity contribution >= 4 is 33.1 Å². The molecule has 1 spiro atoms. The maximum Gasteiger partial charge on any atom is 0.231 e. The quantitative estimate of drug-likeness (QED) is 0.332. The smallest absolute Gasteiger partial charge is 0.231 e. The number of likely N-dealkylation sites (tertiary alicyclic amines) is 2. The summed E-state index contributed by atoms with van der Waals surface area (Å²) >= 11 is 2.01. The predicted octanol–water partition coefficient (Wildman–Crippen LogP) is 6.05. The molecule has 4 aromatic heterocycles. The standard InChI is InChI=1S/C32H40N6OS/c1-18(2)25-26-19(3)28(20-8-10-21(11-9-20)37-15-32(16-37)12-13-36(4)31(32)39)40-30(26)35-27(25)24-14-38-29(33-17-34-38)23-7-5-6-22(23)24/h14,17-18,20-21,35H,5-13,15-16H2,1-4H3. The Bertz CT molecular complexity index is 1640. The van der Waals surface area contributed by atoms with Gasteiger partial charge in [-0.05, 0) is 86.8 Å². The van der Waals surface area contributed by atoms with Gasteiger partial charge in [0.15, 0.2) is 5.65 Å². The van der Waals surface area contributed by atoms with Gasteiger partial charge in [0, 0.05) is 60.3 Å². The molecule has 0 unspecified atom stereocenters. The van der Waals surface area contributed by atoms with Crippen molar-refractivity contribution in [1.29, 1.82) is 0 Å². The van der Waals surface area contributed by atoms with Crippen molar-refractivity contribution in [3.63, 3.8) is 0 Å². The fourth-order valence-electron chi connectivity index (χ4n) is 8.67. The number of carbonyl (C=O) groups is 1. The van der Waals surface area contributed by atoms with Gasteiger partial charge >= 0.3 is 0 Å². The summed E-state index contributed by atoms with van der Waals surface area (Å²) in [5, 5.41) is 5.98. The first-order chi connectivity index (χ1) is 19.3. The molecular weight excluding hydrogens is 516 g/mol. The number of thiophene rings is 1. The molecule has 6 heterocycles. The zero-order chi connectivity index (χ0) is 27.3. The Balaban J connectivity index is 1.07. The number of nitrogens with one attached hydrogen (secondary N) is 1. The van der Waals surface area contributed by atoms with Gasteiger partial charge in [0.05, 0.1) is 11.1 Å². The van der Waals surface area contributed by atoms with Crippen LogP contribution >= 0.6 is 11.3 Å². The molecule has 1 saturated carbocycles. The van der Waals surface area contributed by atoms with Gasteiger partial charge in [-0.1, -0.05) is 13.8 Å².